The second-order valence-corrected chi connectivity index (χ2v) is 9.49. The van der Waals surface area contributed by atoms with E-state index in [-0.39, 0.29) is 30.0 Å². The normalized spacial score (nSPS) is 23.0. The predicted octanol–water partition coefficient (Wildman–Crippen LogP) is 0.537. The second-order valence-electron chi connectivity index (χ2n) is 7.26. The summed E-state index contributed by atoms with van der Waals surface area (Å²) in [5.41, 5.74) is 3.33. The van der Waals surface area contributed by atoms with E-state index >= 15 is 0 Å². The number of sulfone groups is 1. The van der Waals surface area contributed by atoms with Gasteiger partial charge < -0.3 is 4.90 Å². The highest BCUT2D eigenvalue weighted by Crippen LogP contribution is 2.25. The number of aromatic amines is 1. The van der Waals surface area contributed by atoms with Gasteiger partial charge in [0.2, 0.25) is 5.91 Å². The third-order valence-corrected chi connectivity index (χ3v) is 6.83. The minimum atomic E-state index is -2.93. The standard InChI is InChI=1S/C16H26N4O3S/c1-11(2)16-13-8-20(6-4-14(13)17-18-16)15(21)9-19(3)12-5-7-24(22,23)10-12/h11-12H,4-10H2,1-3H3,(H,17,18). The number of hydrogen-bond acceptors (Lipinski definition) is 5. The highest BCUT2D eigenvalue weighted by Gasteiger charge is 2.33. The van der Waals surface area contributed by atoms with E-state index in [2.05, 4.69) is 24.0 Å². The van der Waals surface area contributed by atoms with Gasteiger partial charge in [0.25, 0.3) is 0 Å². The Morgan fingerprint density at radius 3 is 2.83 bits per heavy atom. The molecule has 1 amide bonds. The molecule has 2 aliphatic rings. The molecule has 0 bridgehead atoms. The molecule has 1 aromatic rings. The first-order chi connectivity index (χ1) is 11.3. The van der Waals surface area contributed by atoms with Gasteiger partial charge in [0, 0.05) is 36.8 Å². The van der Waals surface area contributed by atoms with Crippen molar-refractivity contribution in [3.05, 3.63) is 17.0 Å². The molecule has 134 valence electrons. The van der Waals surface area contributed by atoms with Crippen LogP contribution in [-0.2, 0) is 27.6 Å². The van der Waals surface area contributed by atoms with Crippen LogP contribution in [0.15, 0.2) is 0 Å². The summed E-state index contributed by atoms with van der Waals surface area (Å²) < 4.78 is 23.2. The summed E-state index contributed by atoms with van der Waals surface area (Å²) in [7, 11) is -1.08. The molecule has 0 aromatic carbocycles. The zero-order valence-corrected chi connectivity index (χ0v) is 15.4. The van der Waals surface area contributed by atoms with Gasteiger partial charge in [-0.15, -0.1) is 0 Å². The van der Waals surface area contributed by atoms with Crippen molar-refractivity contribution in [3.8, 4) is 0 Å². The zero-order valence-electron chi connectivity index (χ0n) is 14.6. The molecule has 1 atom stereocenters. The minimum Gasteiger partial charge on any atom is -0.337 e. The Morgan fingerprint density at radius 1 is 1.46 bits per heavy atom. The lowest BCUT2D eigenvalue weighted by Crippen LogP contribution is -2.44. The van der Waals surface area contributed by atoms with Gasteiger partial charge in [0.1, 0.15) is 0 Å². The first-order valence-electron chi connectivity index (χ1n) is 8.51. The van der Waals surface area contributed by atoms with Crippen LogP contribution in [0.2, 0.25) is 0 Å². The Morgan fingerprint density at radius 2 is 2.21 bits per heavy atom. The summed E-state index contributed by atoms with van der Waals surface area (Å²) >= 11 is 0. The lowest BCUT2D eigenvalue weighted by Gasteiger charge is -2.30. The van der Waals surface area contributed by atoms with Gasteiger partial charge in [0.05, 0.1) is 23.7 Å². The van der Waals surface area contributed by atoms with E-state index in [1.807, 2.05) is 16.8 Å². The lowest BCUT2D eigenvalue weighted by atomic mass is 9.99. The second kappa shape index (κ2) is 6.48. The minimum absolute atomic E-state index is 0.0422. The number of fused-ring (bicyclic) bond motifs is 1. The summed E-state index contributed by atoms with van der Waals surface area (Å²) in [6.45, 7) is 5.75. The van der Waals surface area contributed by atoms with Gasteiger partial charge >= 0.3 is 0 Å². The van der Waals surface area contributed by atoms with E-state index in [9.17, 15) is 13.2 Å². The Labute approximate surface area is 143 Å². The van der Waals surface area contributed by atoms with Gasteiger partial charge in [0.15, 0.2) is 9.84 Å². The van der Waals surface area contributed by atoms with Crippen LogP contribution in [0.5, 0.6) is 0 Å². The maximum absolute atomic E-state index is 12.6. The monoisotopic (exact) mass is 354 g/mol. The summed E-state index contributed by atoms with van der Waals surface area (Å²) in [6, 6.07) is -0.0422. The molecule has 1 N–H and O–H groups in total. The van der Waals surface area contributed by atoms with Crippen LogP contribution < -0.4 is 0 Å². The van der Waals surface area contributed by atoms with Crippen molar-refractivity contribution in [1.29, 1.82) is 0 Å². The lowest BCUT2D eigenvalue weighted by molar-refractivity contribution is -0.133. The van der Waals surface area contributed by atoms with E-state index in [0.717, 1.165) is 23.4 Å². The van der Waals surface area contributed by atoms with Crippen LogP contribution in [-0.4, -0.2) is 72.0 Å². The van der Waals surface area contributed by atoms with Gasteiger partial charge in [-0.1, -0.05) is 13.8 Å². The van der Waals surface area contributed by atoms with E-state index in [1.54, 1.807) is 0 Å². The average molecular weight is 354 g/mol. The van der Waals surface area contributed by atoms with Crippen molar-refractivity contribution in [2.75, 3.05) is 31.6 Å². The molecule has 0 spiro atoms. The van der Waals surface area contributed by atoms with E-state index in [0.29, 0.717) is 25.4 Å². The fraction of sp³-hybridized carbons (Fsp3) is 0.750. The number of nitrogens with one attached hydrogen (secondary N) is 1. The van der Waals surface area contributed by atoms with Crippen LogP contribution in [0.3, 0.4) is 0 Å². The number of nitrogens with zero attached hydrogens (tertiary/aromatic N) is 3. The molecule has 3 rings (SSSR count). The Bertz CT molecular complexity index is 726. The Kier molecular flexibility index (Phi) is 4.70. The van der Waals surface area contributed by atoms with Gasteiger partial charge in [-0.3, -0.25) is 14.8 Å². The fourth-order valence-electron chi connectivity index (χ4n) is 3.57. The van der Waals surface area contributed by atoms with Crippen LogP contribution in [0.25, 0.3) is 0 Å². The molecule has 0 aliphatic carbocycles. The fourth-order valence-corrected chi connectivity index (χ4v) is 5.38. The number of amides is 1. The average Bonchev–Trinajstić information content (AvgIpc) is 3.09. The third kappa shape index (κ3) is 3.49. The van der Waals surface area contributed by atoms with Crippen molar-refractivity contribution in [1.82, 2.24) is 20.0 Å². The Balaban J connectivity index is 1.63. The number of H-pyrrole nitrogens is 1. The number of carbonyl (C=O) groups excluding carboxylic acids is 1. The smallest absolute Gasteiger partial charge is 0.237 e. The number of hydrogen-bond donors (Lipinski definition) is 1. The Hall–Kier alpha value is -1.41. The van der Waals surface area contributed by atoms with Crippen molar-refractivity contribution in [2.24, 2.45) is 0 Å². The first kappa shape index (κ1) is 17.4. The van der Waals surface area contributed by atoms with Crippen LogP contribution >= 0.6 is 0 Å². The predicted molar refractivity (Wildman–Crippen MR) is 91.5 cm³/mol. The van der Waals surface area contributed by atoms with E-state index in [1.165, 1.54) is 0 Å². The molecule has 2 aliphatic heterocycles. The molecule has 3 heterocycles. The molecule has 0 radical (unpaired) electrons. The van der Waals surface area contributed by atoms with Crippen molar-refractivity contribution < 1.29 is 13.2 Å². The van der Waals surface area contributed by atoms with Crippen molar-refractivity contribution >= 4 is 15.7 Å². The maximum Gasteiger partial charge on any atom is 0.237 e. The first-order valence-corrected chi connectivity index (χ1v) is 10.3. The maximum atomic E-state index is 12.6. The van der Waals surface area contributed by atoms with E-state index in [4.69, 9.17) is 0 Å². The van der Waals surface area contributed by atoms with Crippen LogP contribution in [0.4, 0.5) is 0 Å². The molecule has 1 fully saturated rings. The molecular formula is C16H26N4O3S. The van der Waals surface area contributed by atoms with Crippen molar-refractivity contribution in [3.63, 3.8) is 0 Å². The number of carbonyl (C=O) groups is 1. The molecule has 0 saturated carbocycles. The van der Waals surface area contributed by atoms with Crippen LogP contribution in [0, 0.1) is 0 Å². The number of aromatic nitrogens is 2. The largest absolute Gasteiger partial charge is 0.337 e. The summed E-state index contributed by atoms with van der Waals surface area (Å²) in [6.07, 6.45) is 1.41. The molecule has 1 saturated heterocycles. The highest BCUT2D eigenvalue weighted by atomic mass is 32.2. The molecule has 8 heteroatoms. The molecule has 24 heavy (non-hydrogen) atoms. The van der Waals surface area contributed by atoms with Gasteiger partial charge in [-0.05, 0) is 19.4 Å². The summed E-state index contributed by atoms with van der Waals surface area (Å²) in [5, 5.41) is 7.49. The highest BCUT2D eigenvalue weighted by molar-refractivity contribution is 7.91. The van der Waals surface area contributed by atoms with E-state index < -0.39 is 9.84 Å². The molecule has 7 nitrogen and oxygen atoms in total. The SMILES string of the molecule is CC(C)c1n[nH]c2c1CN(C(=O)CN(C)C1CCS(=O)(=O)C1)CC2. The summed E-state index contributed by atoms with van der Waals surface area (Å²) in [5.74, 6) is 0.783. The summed E-state index contributed by atoms with van der Waals surface area (Å²) in [4.78, 5) is 16.4. The number of rotatable bonds is 4. The molecule has 1 unspecified atom stereocenters. The molecular weight excluding hydrogens is 328 g/mol. The van der Waals surface area contributed by atoms with Crippen LogP contribution in [0.1, 0.15) is 43.1 Å². The number of likely N-dealkylation sites (N-methyl/N-ethyl adjacent to an activating group) is 1. The third-order valence-electron chi connectivity index (χ3n) is 5.08. The topological polar surface area (TPSA) is 86.4 Å². The van der Waals surface area contributed by atoms with Gasteiger partial charge in [-0.2, -0.15) is 5.10 Å². The van der Waals surface area contributed by atoms with Crippen molar-refractivity contribution in [2.45, 2.75) is 45.2 Å². The molecule has 1 aromatic heterocycles. The van der Waals surface area contributed by atoms with Gasteiger partial charge in [-0.25, -0.2) is 8.42 Å². The zero-order chi connectivity index (χ0) is 17.5. The quantitative estimate of drug-likeness (QED) is 0.853.